The van der Waals surface area contributed by atoms with Gasteiger partial charge in [-0.3, -0.25) is 4.79 Å². The zero-order valence-corrected chi connectivity index (χ0v) is 7.41. The van der Waals surface area contributed by atoms with Gasteiger partial charge >= 0.3 is 0 Å². The van der Waals surface area contributed by atoms with Gasteiger partial charge in [-0.2, -0.15) is 5.10 Å². The van der Waals surface area contributed by atoms with Gasteiger partial charge < -0.3 is 0 Å². The molecule has 0 saturated heterocycles. The van der Waals surface area contributed by atoms with Crippen LogP contribution in [0.5, 0.6) is 0 Å². The van der Waals surface area contributed by atoms with Crippen molar-refractivity contribution in [3.8, 4) is 0 Å². The first-order chi connectivity index (χ1) is 5.27. The van der Waals surface area contributed by atoms with E-state index in [1.807, 2.05) is 0 Å². The van der Waals surface area contributed by atoms with E-state index in [1.165, 1.54) is 6.07 Å². The van der Waals surface area contributed by atoms with Crippen LogP contribution in [0.4, 0.5) is 0 Å². The fourth-order valence-corrected chi connectivity index (χ4v) is 1.29. The molecule has 1 aromatic heterocycles. The smallest absolute Gasteiger partial charge is 0.267 e. The van der Waals surface area contributed by atoms with Crippen molar-refractivity contribution in [3.63, 3.8) is 0 Å². The topological polar surface area (TPSA) is 34.9 Å². The average Bonchev–Trinajstić information content (AvgIpc) is 2.76. The van der Waals surface area contributed by atoms with Crippen molar-refractivity contribution in [1.29, 1.82) is 0 Å². The lowest BCUT2D eigenvalue weighted by Gasteiger charge is -1.99. The molecule has 11 heavy (non-hydrogen) atoms. The van der Waals surface area contributed by atoms with Crippen LogP contribution in [0.1, 0.15) is 18.9 Å². The summed E-state index contributed by atoms with van der Waals surface area (Å²) in [7, 11) is 0. The Morgan fingerprint density at radius 3 is 2.91 bits per heavy atom. The van der Waals surface area contributed by atoms with Gasteiger partial charge in [0.1, 0.15) is 4.60 Å². The van der Waals surface area contributed by atoms with Crippen LogP contribution in [-0.4, -0.2) is 9.78 Å². The lowest BCUT2D eigenvalue weighted by Crippen LogP contribution is -2.20. The third-order valence-corrected chi connectivity index (χ3v) is 2.11. The van der Waals surface area contributed by atoms with E-state index in [-0.39, 0.29) is 5.56 Å². The molecular weight excluding hydrogens is 208 g/mol. The quantitative estimate of drug-likeness (QED) is 0.708. The maximum absolute atomic E-state index is 11.1. The standard InChI is InChI=1S/C7H7BrN2O/c8-6-3-4-7(11)10(9-6)5-1-2-5/h3-5H,1-2H2. The third-order valence-electron chi connectivity index (χ3n) is 1.69. The summed E-state index contributed by atoms with van der Waals surface area (Å²) in [4.78, 5) is 11.1. The highest BCUT2D eigenvalue weighted by atomic mass is 79.9. The summed E-state index contributed by atoms with van der Waals surface area (Å²) in [5.74, 6) is 0. The number of halogens is 1. The van der Waals surface area contributed by atoms with Gasteiger partial charge in [-0.15, -0.1) is 0 Å². The molecule has 0 radical (unpaired) electrons. The molecule has 1 saturated carbocycles. The van der Waals surface area contributed by atoms with Crippen molar-refractivity contribution in [1.82, 2.24) is 9.78 Å². The van der Waals surface area contributed by atoms with Crippen LogP contribution in [0, 0.1) is 0 Å². The largest absolute Gasteiger partial charge is 0.268 e. The second-order valence-electron chi connectivity index (χ2n) is 2.67. The van der Waals surface area contributed by atoms with Crippen LogP contribution in [-0.2, 0) is 0 Å². The summed E-state index contributed by atoms with van der Waals surface area (Å²) in [6.07, 6.45) is 2.17. The fourth-order valence-electron chi connectivity index (χ4n) is 0.983. The van der Waals surface area contributed by atoms with Gasteiger partial charge in [-0.1, -0.05) is 0 Å². The van der Waals surface area contributed by atoms with E-state index in [0.29, 0.717) is 6.04 Å². The Morgan fingerprint density at radius 2 is 2.27 bits per heavy atom. The zero-order chi connectivity index (χ0) is 7.84. The molecule has 0 amide bonds. The first kappa shape index (κ1) is 7.03. The van der Waals surface area contributed by atoms with E-state index in [1.54, 1.807) is 10.7 Å². The minimum atomic E-state index is -0.00398. The Bertz CT molecular complexity index is 329. The molecule has 0 aliphatic heterocycles. The summed E-state index contributed by atoms with van der Waals surface area (Å²) >= 11 is 3.22. The molecule has 1 fully saturated rings. The van der Waals surface area contributed by atoms with Crippen molar-refractivity contribution >= 4 is 15.9 Å². The normalized spacial score (nSPS) is 16.8. The Morgan fingerprint density at radius 1 is 1.55 bits per heavy atom. The van der Waals surface area contributed by atoms with Gasteiger partial charge in [0.15, 0.2) is 0 Å². The maximum atomic E-state index is 11.1. The molecule has 3 nitrogen and oxygen atoms in total. The Kier molecular flexibility index (Phi) is 1.56. The second kappa shape index (κ2) is 2.44. The first-order valence-electron chi connectivity index (χ1n) is 3.53. The predicted octanol–water partition coefficient (Wildman–Crippen LogP) is 1.34. The lowest BCUT2D eigenvalue weighted by atomic mass is 10.5. The number of aromatic nitrogens is 2. The minimum absolute atomic E-state index is 0.00398. The molecule has 1 aromatic rings. The van der Waals surface area contributed by atoms with Gasteiger partial charge in [-0.25, -0.2) is 4.68 Å². The fraction of sp³-hybridized carbons (Fsp3) is 0.429. The number of rotatable bonds is 1. The van der Waals surface area contributed by atoms with E-state index >= 15 is 0 Å². The summed E-state index contributed by atoms with van der Waals surface area (Å²) in [5, 5.41) is 4.06. The van der Waals surface area contributed by atoms with Crippen molar-refractivity contribution in [3.05, 3.63) is 27.1 Å². The van der Waals surface area contributed by atoms with Crippen LogP contribution in [0.25, 0.3) is 0 Å². The average molecular weight is 215 g/mol. The molecule has 0 bridgehead atoms. The molecule has 0 aromatic carbocycles. The zero-order valence-electron chi connectivity index (χ0n) is 5.83. The van der Waals surface area contributed by atoms with E-state index < -0.39 is 0 Å². The number of nitrogens with zero attached hydrogens (tertiary/aromatic N) is 2. The monoisotopic (exact) mass is 214 g/mol. The van der Waals surface area contributed by atoms with Gasteiger partial charge in [-0.05, 0) is 34.8 Å². The summed E-state index contributed by atoms with van der Waals surface area (Å²) in [6, 6.07) is 3.57. The van der Waals surface area contributed by atoms with E-state index in [9.17, 15) is 4.79 Å². The molecule has 0 N–H and O–H groups in total. The molecule has 4 heteroatoms. The van der Waals surface area contributed by atoms with E-state index in [0.717, 1.165) is 17.4 Å². The Labute approximate surface area is 72.2 Å². The summed E-state index contributed by atoms with van der Waals surface area (Å²) in [5.41, 5.74) is -0.00398. The van der Waals surface area contributed by atoms with Gasteiger partial charge in [0.25, 0.3) is 5.56 Å². The molecule has 0 spiro atoms. The van der Waals surface area contributed by atoms with Crippen LogP contribution >= 0.6 is 15.9 Å². The molecule has 2 rings (SSSR count). The minimum Gasteiger partial charge on any atom is -0.268 e. The Hall–Kier alpha value is -0.640. The SMILES string of the molecule is O=c1ccc(Br)nn1C1CC1. The lowest BCUT2D eigenvalue weighted by molar-refractivity contribution is 0.592. The van der Waals surface area contributed by atoms with Crippen molar-refractivity contribution in [2.24, 2.45) is 0 Å². The van der Waals surface area contributed by atoms with Crippen molar-refractivity contribution in [2.75, 3.05) is 0 Å². The summed E-state index contributed by atoms with van der Waals surface area (Å²) < 4.78 is 2.27. The highest BCUT2D eigenvalue weighted by Gasteiger charge is 2.25. The van der Waals surface area contributed by atoms with Crippen molar-refractivity contribution in [2.45, 2.75) is 18.9 Å². The molecular formula is C7H7BrN2O. The van der Waals surface area contributed by atoms with Gasteiger partial charge in [0.05, 0.1) is 6.04 Å². The first-order valence-corrected chi connectivity index (χ1v) is 4.32. The molecule has 58 valence electrons. The highest BCUT2D eigenvalue weighted by Crippen LogP contribution is 2.32. The van der Waals surface area contributed by atoms with E-state index in [4.69, 9.17) is 0 Å². The van der Waals surface area contributed by atoms with Crippen LogP contribution in [0.3, 0.4) is 0 Å². The molecule has 1 heterocycles. The number of hydrogen-bond acceptors (Lipinski definition) is 2. The third kappa shape index (κ3) is 1.35. The molecule has 0 unspecified atom stereocenters. The second-order valence-corrected chi connectivity index (χ2v) is 3.48. The maximum Gasteiger partial charge on any atom is 0.267 e. The molecule has 0 atom stereocenters. The van der Waals surface area contributed by atoms with E-state index in [2.05, 4.69) is 21.0 Å². The van der Waals surface area contributed by atoms with Crippen molar-refractivity contribution < 1.29 is 0 Å². The van der Waals surface area contributed by atoms with Crippen LogP contribution in [0.2, 0.25) is 0 Å². The summed E-state index contributed by atoms with van der Waals surface area (Å²) in [6.45, 7) is 0. The van der Waals surface area contributed by atoms with Gasteiger partial charge in [0, 0.05) is 6.07 Å². The number of hydrogen-bond donors (Lipinski definition) is 0. The molecule has 1 aliphatic carbocycles. The highest BCUT2D eigenvalue weighted by molar-refractivity contribution is 9.10. The van der Waals surface area contributed by atoms with Crippen LogP contribution < -0.4 is 5.56 Å². The predicted molar refractivity (Wildman–Crippen MR) is 44.5 cm³/mol. The van der Waals surface area contributed by atoms with Crippen LogP contribution in [0.15, 0.2) is 21.5 Å². The molecule has 1 aliphatic rings. The Balaban J connectivity index is 2.51. The van der Waals surface area contributed by atoms with Gasteiger partial charge in [0.2, 0.25) is 0 Å².